The van der Waals surface area contributed by atoms with Gasteiger partial charge in [-0.3, -0.25) is 4.90 Å². The van der Waals surface area contributed by atoms with Crippen LogP contribution < -0.4 is 5.73 Å². The van der Waals surface area contributed by atoms with Gasteiger partial charge in [-0.1, -0.05) is 0 Å². The number of rotatable bonds is 1. The Hall–Kier alpha value is -0.120. The number of likely N-dealkylation sites (tertiary alicyclic amines) is 1. The molecule has 8 heavy (non-hydrogen) atoms. The van der Waals surface area contributed by atoms with Gasteiger partial charge in [0.15, 0.2) is 0 Å². The van der Waals surface area contributed by atoms with E-state index in [0.29, 0.717) is 6.67 Å². The van der Waals surface area contributed by atoms with Gasteiger partial charge in [0.2, 0.25) is 0 Å². The molecular weight excluding hydrogens is 104 g/mol. The number of hydrogen-bond donors (Lipinski definition) is 2. The zero-order valence-electron chi connectivity index (χ0n) is 4.88. The maximum atomic E-state index is 8.93. The molecule has 1 atom stereocenters. The van der Waals surface area contributed by atoms with Crippen LogP contribution in [0.1, 0.15) is 6.42 Å². The Balaban J connectivity index is 2.22. The third-order valence-corrected chi connectivity index (χ3v) is 1.51. The molecular formula is C5H12N2O. The van der Waals surface area contributed by atoms with Gasteiger partial charge >= 0.3 is 0 Å². The van der Waals surface area contributed by atoms with Crippen LogP contribution in [0.25, 0.3) is 0 Å². The van der Waals surface area contributed by atoms with Crippen molar-refractivity contribution in [3.63, 3.8) is 0 Å². The highest BCUT2D eigenvalue weighted by Gasteiger charge is 2.17. The highest BCUT2D eigenvalue weighted by Crippen LogP contribution is 2.05. The van der Waals surface area contributed by atoms with Crippen molar-refractivity contribution in [1.82, 2.24) is 4.90 Å². The van der Waals surface area contributed by atoms with Crippen LogP contribution in [-0.4, -0.2) is 35.9 Å². The van der Waals surface area contributed by atoms with E-state index in [0.717, 1.165) is 19.5 Å². The highest BCUT2D eigenvalue weighted by molar-refractivity contribution is 4.72. The third kappa shape index (κ3) is 1.18. The molecule has 3 nitrogen and oxygen atoms in total. The predicted octanol–water partition coefficient (Wildman–Crippen LogP) is -1.03. The Kier molecular flexibility index (Phi) is 1.83. The molecule has 0 bridgehead atoms. The van der Waals surface area contributed by atoms with Gasteiger partial charge in [-0.25, -0.2) is 0 Å². The van der Waals surface area contributed by atoms with Gasteiger partial charge in [0.25, 0.3) is 0 Å². The summed E-state index contributed by atoms with van der Waals surface area (Å²) in [7, 11) is 0. The summed E-state index contributed by atoms with van der Waals surface area (Å²) < 4.78 is 0. The number of aliphatic hydroxyl groups excluding tert-OH is 1. The molecule has 48 valence electrons. The minimum Gasteiger partial charge on any atom is -0.392 e. The Bertz CT molecular complexity index is 76.8. The molecule has 1 fully saturated rings. The molecule has 0 aliphatic carbocycles. The maximum absolute atomic E-state index is 8.93. The summed E-state index contributed by atoms with van der Waals surface area (Å²) in [6.45, 7) is 2.30. The summed E-state index contributed by atoms with van der Waals surface area (Å²) in [4.78, 5) is 2.03. The van der Waals surface area contributed by atoms with Crippen LogP contribution in [0.4, 0.5) is 0 Å². The molecule has 0 amide bonds. The molecule has 1 rings (SSSR count). The molecule has 1 saturated heterocycles. The lowest BCUT2D eigenvalue weighted by atomic mass is 10.3. The predicted molar refractivity (Wildman–Crippen MR) is 31.3 cm³/mol. The molecule has 0 saturated carbocycles. The number of hydrogen-bond acceptors (Lipinski definition) is 3. The SMILES string of the molecule is NCN1CCC(O)C1. The quantitative estimate of drug-likeness (QED) is 0.460. The first kappa shape index (κ1) is 6.01. The second kappa shape index (κ2) is 2.44. The molecule has 1 unspecified atom stereocenters. The maximum Gasteiger partial charge on any atom is 0.0679 e. The third-order valence-electron chi connectivity index (χ3n) is 1.51. The second-order valence-electron chi connectivity index (χ2n) is 2.20. The van der Waals surface area contributed by atoms with E-state index < -0.39 is 0 Å². The van der Waals surface area contributed by atoms with Gasteiger partial charge in [-0.05, 0) is 6.42 Å². The molecule has 1 aliphatic rings. The lowest BCUT2D eigenvalue weighted by molar-refractivity contribution is 0.177. The van der Waals surface area contributed by atoms with E-state index >= 15 is 0 Å². The van der Waals surface area contributed by atoms with Gasteiger partial charge in [-0.15, -0.1) is 0 Å². The van der Waals surface area contributed by atoms with Gasteiger partial charge in [0.05, 0.1) is 6.10 Å². The first-order valence-electron chi connectivity index (χ1n) is 2.93. The molecule has 0 spiro atoms. The number of nitrogens with two attached hydrogens (primary N) is 1. The monoisotopic (exact) mass is 116 g/mol. The first-order valence-corrected chi connectivity index (χ1v) is 2.93. The lowest BCUT2D eigenvalue weighted by Crippen LogP contribution is -2.28. The Labute approximate surface area is 49.1 Å². The summed E-state index contributed by atoms with van der Waals surface area (Å²) in [5, 5.41) is 8.93. The van der Waals surface area contributed by atoms with Gasteiger partial charge in [0.1, 0.15) is 0 Å². The summed E-state index contributed by atoms with van der Waals surface area (Å²) in [6.07, 6.45) is 0.760. The number of nitrogens with zero attached hydrogens (tertiary/aromatic N) is 1. The van der Waals surface area contributed by atoms with Crippen LogP contribution in [0.3, 0.4) is 0 Å². The lowest BCUT2D eigenvalue weighted by Gasteiger charge is -2.09. The van der Waals surface area contributed by atoms with Crippen molar-refractivity contribution in [2.24, 2.45) is 5.73 Å². The van der Waals surface area contributed by atoms with Crippen molar-refractivity contribution in [2.45, 2.75) is 12.5 Å². The van der Waals surface area contributed by atoms with E-state index in [4.69, 9.17) is 10.8 Å². The normalized spacial score (nSPS) is 31.5. The van der Waals surface area contributed by atoms with Crippen LogP contribution in [-0.2, 0) is 0 Å². The smallest absolute Gasteiger partial charge is 0.0679 e. The van der Waals surface area contributed by atoms with Crippen LogP contribution in [0.5, 0.6) is 0 Å². The van der Waals surface area contributed by atoms with Crippen LogP contribution >= 0.6 is 0 Å². The second-order valence-corrected chi connectivity index (χ2v) is 2.20. The molecule has 3 N–H and O–H groups in total. The van der Waals surface area contributed by atoms with Crippen molar-refractivity contribution in [3.8, 4) is 0 Å². The van der Waals surface area contributed by atoms with E-state index in [9.17, 15) is 0 Å². The standard InChI is InChI=1S/C5H12N2O/c6-4-7-2-1-5(8)3-7/h5,8H,1-4,6H2. The highest BCUT2D eigenvalue weighted by atomic mass is 16.3. The molecule has 0 radical (unpaired) electrons. The molecule has 3 heteroatoms. The summed E-state index contributed by atoms with van der Waals surface area (Å²) >= 11 is 0. The van der Waals surface area contributed by atoms with Crippen molar-refractivity contribution >= 4 is 0 Å². The van der Waals surface area contributed by atoms with Crippen molar-refractivity contribution in [2.75, 3.05) is 19.8 Å². The van der Waals surface area contributed by atoms with Crippen LogP contribution in [0, 0.1) is 0 Å². The largest absolute Gasteiger partial charge is 0.392 e. The summed E-state index contributed by atoms with van der Waals surface area (Å²) in [6, 6.07) is 0. The van der Waals surface area contributed by atoms with Crippen molar-refractivity contribution in [1.29, 1.82) is 0 Å². The first-order chi connectivity index (χ1) is 3.83. The summed E-state index contributed by atoms with van der Waals surface area (Å²) in [5.41, 5.74) is 5.31. The van der Waals surface area contributed by atoms with E-state index in [1.165, 1.54) is 0 Å². The fraction of sp³-hybridized carbons (Fsp3) is 1.00. The molecule has 1 aliphatic heterocycles. The van der Waals surface area contributed by atoms with E-state index in [-0.39, 0.29) is 6.10 Å². The molecule has 0 aromatic heterocycles. The Morgan fingerprint density at radius 1 is 1.75 bits per heavy atom. The van der Waals surface area contributed by atoms with Gasteiger partial charge in [-0.2, -0.15) is 0 Å². The zero-order valence-corrected chi connectivity index (χ0v) is 4.88. The van der Waals surface area contributed by atoms with E-state index in [1.807, 2.05) is 4.90 Å². The topological polar surface area (TPSA) is 49.5 Å². The summed E-state index contributed by atoms with van der Waals surface area (Å²) in [5.74, 6) is 0. The fourth-order valence-corrected chi connectivity index (χ4v) is 0.978. The minimum atomic E-state index is -0.126. The molecule has 0 aromatic carbocycles. The minimum absolute atomic E-state index is 0.126. The molecule has 0 aromatic rings. The fourth-order valence-electron chi connectivity index (χ4n) is 0.978. The average Bonchev–Trinajstić information content (AvgIpc) is 2.14. The van der Waals surface area contributed by atoms with Crippen molar-refractivity contribution < 1.29 is 5.11 Å². The van der Waals surface area contributed by atoms with Gasteiger partial charge < -0.3 is 10.8 Å². The molecule has 1 heterocycles. The van der Waals surface area contributed by atoms with Crippen molar-refractivity contribution in [3.05, 3.63) is 0 Å². The average molecular weight is 116 g/mol. The Morgan fingerprint density at radius 3 is 2.75 bits per heavy atom. The number of aliphatic hydroxyl groups is 1. The van der Waals surface area contributed by atoms with Crippen LogP contribution in [0.2, 0.25) is 0 Å². The Morgan fingerprint density at radius 2 is 2.50 bits per heavy atom. The van der Waals surface area contributed by atoms with E-state index in [2.05, 4.69) is 0 Å². The van der Waals surface area contributed by atoms with Crippen LogP contribution in [0.15, 0.2) is 0 Å². The number of β-amino-alcohol motifs (C(OH)–C–C–N with tert-alkyl or cyclic N) is 1. The van der Waals surface area contributed by atoms with Gasteiger partial charge in [0, 0.05) is 19.8 Å². The zero-order chi connectivity index (χ0) is 5.98. The van der Waals surface area contributed by atoms with E-state index in [1.54, 1.807) is 0 Å².